The van der Waals surface area contributed by atoms with E-state index < -0.39 is 133 Å². The lowest BCUT2D eigenvalue weighted by Crippen LogP contribution is -2.61. The normalized spacial score (nSPS) is 36.6. The predicted octanol–water partition coefficient (Wildman–Crippen LogP) is 5.42. The molecule has 0 unspecified atom stereocenters. The molecule has 0 aliphatic carbocycles. The summed E-state index contributed by atoms with van der Waals surface area (Å²) in [5.74, 6) is -4.02. The van der Waals surface area contributed by atoms with E-state index in [1.54, 1.807) is 53.2 Å². The van der Waals surface area contributed by atoms with Gasteiger partial charge >= 0.3 is 12.0 Å². The summed E-state index contributed by atoms with van der Waals surface area (Å²) < 4.78 is 78.1. The number of oxime groups is 1. The van der Waals surface area contributed by atoms with E-state index in [-0.39, 0.29) is 32.1 Å². The van der Waals surface area contributed by atoms with Crippen molar-refractivity contribution in [1.82, 2.24) is 29.9 Å². The second kappa shape index (κ2) is 29.1. The van der Waals surface area contributed by atoms with Crippen LogP contribution in [0.1, 0.15) is 118 Å². The van der Waals surface area contributed by atoms with E-state index in [2.05, 4.69) is 25.4 Å². The monoisotopic (exact) mass is 1160 g/mol. The number of rotatable bonds is 21. The summed E-state index contributed by atoms with van der Waals surface area (Å²) in [7, 11) is 9.40. The van der Waals surface area contributed by atoms with Gasteiger partial charge in [-0.25, -0.2) is 19.0 Å². The SMILES string of the molecule is CC[C@H]1OC(=O)[C@H](C)[C@@H](O[C@H]2C[C@@](C)(OC)[C@@H](O)[C@H](C)O2)[C@H](C)[C@@H](O[C@@H]2O[C@H](C)C[C@H](N(C)CCc3cn([C@H](CF)[C@H](OC)c4ccc(-c5cnc(OC)nc5)cc4)nn3)[C@H]2O)[C@](C)(OC)C[C@@H](C)/C(=N\OCOC)[C@H](C)[C@@H](O)[C@]1(C)O. The van der Waals surface area contributed by atoms with Crippen LogP contribution in [0.3, 0.4) is 0 Å². The van der Waals surface area contributed by atoms with Gasteiger partial charge in [0.1, 0.15) is 42.7 Å². The quantitative estimate of drug-likeness (QED) is 0.0449. The zero-order chi connectivity index (χ0) is 60.4. The summed E-state index contributed by atoms with van der Waals surface area (Å²) >= 11 is 0. The van der Waals surface area contributed by atoms with Crippen molar-refractivity contribution in [3.63, 3.8) is 0 Å². The number of hydrogen-bond acceptors (Lipinski definition) is 22. The number of carbonyl (C=O) groups excluding carboxylic acids is 1. The Hall–Kier alpha value is -4.41. The van der Waals surface area contributed by atoms with Crippen LogP contribution in [-0.4, -0.2) is 209 Å². The Bertz CT molecular complexity index is 2480. The number of likely N-dealkylation sites (N-methyl/N-ethyl adjacent to an activating group) is 1. The van der Waals surface area contributed by atoms with Crippen LogP contribution in [0.2, 0.25) is 0 Å². The smallest absolute Gasteiger partial charge is 0.316 e. The highest BCUT2D eigenvalue weighted by Crippen LogP contribution is 2.43. The van der Waals surface area contributed by atoms with E-state index in [0.29, 0.717) is 30.8 Å². The van der Waals surface area contributed by atoms with Crippen molar-refractivity contribution in [3.8, 4) is 17.1 Å². The summed E-state index contributed by atoms with van der Waals surface area (Å²) in [4.78, 5) is 30.7. The third-order valence-electron chi connectivity index (χ3n) is 17.3. The maximum atomic E-state index is 15.0. The Morgan fingerprint density at radius 1 is 0.890 bits per heavy atom. The molecule has 2 aromatic heterocycles. The van der Waals surface area contributed by atoms with Gasteiger partial charge in [0.05, 0.1) is 66.2 Å². The van der Waals surface area contributed by atoms with Crippen LogP contribution in [0.5, 0.6) is 6.01 Å². The van der Waals surface area contributed by atoms with Crippen molar-refractivity contribution >= 4 is 11.7 Å². The van der Waals surface area contributed by atoms with Gasteiger partial charge < -0.3 is 77.5 Å². The minimum absolute atomic E-state index is 0.0794. The number of alkyl halides is 1. The molecule has 20 atom stereocenters. The van der Waals surface area contributed by atoms with Gasteiger partial charge in [0.15, 0.2) is 12.6 Å². The minimum atomic E-state index is -1.98. The highest BCUT2D eigenvalue weighted by atomic mass is 19.1. The van der Waals surface area contributed by atoms with E-state index in [9.17, 15) is 25.2 Å². The van der Waals surface area contributed by atoms with E-state index in [1.165, 1.54) is 47.2 Å². The molecule has 6 rings (SSSR count). The lowest BCUT2D eigenvalue weighted by atomic mass is 9.73. The van der Waals surface area contributed by atoms with Crippen LogP contribution in [0.15, 0.2) is 48.0 Å². The van der Waals surface area contributed by atoms with Crippen LogP contribution in [0.4, 0.5) is 4.39 Å². The molecule has 3 saturated heterocycles. The second-order valence-electron chi connectivity index (χ2n) is 23.2. The van der Waals surface area contributed by atoms with Gasteiger partial charge in [-0.2, -0.15) is 0 Å². The number of ether oxygens (including phenoxy) is 10. The molecule has 24 heteroatoms. The average Bonchev–Trinajstić information content (AvgIpc) is 4.05. The number of cyclic esters (lactones) is 1. The maximum Gasteiger partial charge on any atom is 0.316 e. The molecule has 0 radical (unpaired) electrons. The van der Waals surface area contributed by atoms with Crippen molar-refractivity contribution < 1.29 is 81.8 Å². The lowest BCUT2D eigenvalue weighted by molar-refractivity contribution is -0.319. The average molecular weight is 1160 g/mol. The summed E-state index contributed by atoms with van der Waals surface area (Å²) in [6, 6.07) is 6.44. The first-order chi connectivity index (χ1) is 38.8. The first-order valence-corrected chi connectivity index (χ1v) is 28.4. The molecule has 3 fully saturated rings. The first kappa shape index (κ1) is 66.7. The summed E-state index contributed by atoms with van der Waals surface area (Å²) in [6.07, 6.45) is -5.00. The summed E-state index contributed by atoms with van der Waals surface area (Å²) in [5, 5.41) is 61.1. The third kappa shape index (κ3) is 15.2. The number of aliphatic hydroxyl groups excluding tert-OH is 3. The molecule has 3 aliphatic rings. The molecule has 0 saturated carbocycles. The van der Waals surface area contributed by atoms with Crippen molar-refractivity contribution in [3.05, 3.63) is 54.1 Å². The molecule has 23 nitrogen and oxygen atoms in total. The zero-order valence-corrected chi connectivity index (χ0v) is 50.7. The number of aliphatic hydroxyl groups is 4. The maximum absolute atomic E-state index is 15.0. The van der Waals surface area contributed by atoms with E-state index >= 15 is 4.39 Å². The van der Waals surface area contributed by atoms with Gasteiger partial charge in [0.25, 0.3) is 0 Å². The number of hydrogen-bond donors (Lipinski definition) is 4. The molecule has 4 N–H and O–H groups in total. The van der Waals surface area contributed by atoms with Crippen LogP contribution in [0.25, 0.3) is 11.1 Å². The van der Waals surface area contributed by atoms with Crippen molar-refractivity contribution in [2.45, 2.75) is 198 Å². The van der Waals surface area contributed by atoms with Crippen molar-refractivity contribution in [2.75, 3.05) is 62.6 Å². The molecule has 82 heavy (non-hydrogen) atoms. The van der Waals surface area contributed by atoms with E-state index in [0.717, 1.165) is 16.7 Å². The standard InChI is InChI=1S/C58H92FN7O16/c1-17-44-58(10,71)50(68)34(4)46(63-77-31-72-12)32(2)25-57(9,76-16)52(35(5)48(36(6)53(70)80-44)81-45-26-56(8,75-15)51(69)37(7)79-45)82-54-47(67)42(24-33(3)78-54)65(11)23-22-41-30-66(64-62-41)43(27-59)49(73-13)39-20-18-38(19-21-39)40-28-60-55(74-14)61-29-40/h18-21,28-30,32-37,42-45,47-52,54,67-69,71H,17,22-27,31H2,1-16H3/b63-46+/t32-,33-,34+,35+,36-,37+,42+,43-,44-,45+,47-,48+,49-,50-,51+,52-,54+,56-,57-,58-/m1/s1. The van der Waals surface area contributed by atoms with Crippen molar-refractivity contribution in [1.29, 1.82) is 0 Å². The fourth-order valence-electron chi connectivity index (χ4n) is 12.1. The third-order valence-corrected chi connectivity index (χ3v) is 17.3. The predicted molar refractivity (Wildman–Crippen MR) is 298 cm³/mol. The van der Waals surface area contributed by atoms with E-state index in [4.69, 9.17) is 52.2 Å². The van der Waals surface area contributed by atoms with Crippen LogP contribution in [0, 0.1) is 23.7 Å². The van der Waals surface area contributed by atoms with Gasteiger partial charge in [-0.3, -0.25) is 4.79 Å². The van der Waals surface area contributed by atoms with Gasteiger partial charge in [0.2, 0.25) is 6.79 Å². The Morgan fingerprint density at radius 2 is 1.56 bits per heavy atom. The molecule has 0 amide bonds. The Morgan fingerprint density at radius 3 is 2.16 bits per heavy atom. The largest absolute Gasteiger partial charge is 0.467 e. The second-order valence-corrected chi connectivity index (χ2v) is 23.2. The van der Waals surface area contributed by atoms with Crippen LogP contribution in [-0.2, 0) is 58.7 Å². The lowest BCUT2D eigenvalue weighted by Gasteiger charge is -2.50. The number of halogens is 1. The van der Waals surface area contributed by atoms with Gasteiger partial charge in [-0.1, -0.05) is 62.3 Å². The fourth-order valence-corrected chi connectivity index (χ4v) is 12.1. The first-order valence-electron chi connectivity index (χ1n) is 28.4. The number of benzene rings is 1. The van der Waals surface area contributed by atoms with Crippen LogP contribution >= 0.6 is 0 Å². The van der Waals surface area contributed by atoms with Crippen molar-refractivity contribution in [2.24, 2.45) is 28.8 Å². The molecular formula is C58H92FN7O16. The number of esters is 1. The Balaban J connectivity index is 1.30. The molecule has 1 aromatic carbocycles. The highest BCUT2D eigenvalue weighted by Gasteiger charge is 2.54. The molecule has 3 aromatic rings. The van der Waals surface area contributed by atoms with Gasteiger partial charge in [0, 0.05) is 95.8 Å². The molecule has 462 valence electrons. The van der Waals surface area contributed by atoms with Crippen LogP contribution < -0.4 is 4.74 Å². The number of methoxy groups -OCH3 is 5. The minimum Gasteiger partial charge on any atom is -0.467 e. The number of aromatic nitrogens is 5. The van der Waals surface area contributed by atoms with Gasteiger partial charge in [-0.05, 0) is 79.0 Å². The van der Waals surface area contributed by atoms with E-state index in [1.807, 2.05) is 63.9 Å². The summed E-state index contributed by atoms with van der Waals surface area (Å²) in [5.41, 5.74) is -1.05. The zero-order valence-electron chi connectivity index (χ0n) is 50.7. The molecule has 5 heterocycles. The molecule has 0 bridgehead atoms. The molecule has 0 spiro atoms. The number of carbonyl (C=O) groups is 1. The molecule has 3 aliphatic heterocycles. The topological polar surface area (TPSA) is 272 Å². The Kier molecular flexibility index (Phi) is 23.7. The van der Waals surface area contributed by atoms with Gasteiger partial charge in [-0.15, -0.1) is 5.10 Å². The number of nitrogens with zero attached hydrogens (tertiary/aromatic N) is 7. The molecular weight excluding hydrogens is 1070 g/mol. The highest BCUT2D eigenvalue weighted by molar-refractivity contribution is 5.88. The fraction of sp³-hybridized carbons (Fsp3) is 0.759. The Labute approximate surface area is 482 Å². The summed E-state index contributed by atoms with van der Waals surface area (Å²) in [6.45, 7) is 16.9.